The Labute approximate surface area is 467 Å². The van der Waals surface area contributed by atoms with E-state index in [2.05, 4.69) is 191 Å². The molecule has 0 heterocycles. The fourth-order valence-electron chi connectivity index (χ4n) is 11.9. The lowest BCUT2D eigenvalue weighted by Crippen LogP contribution is -2.42. The minimum Gasteiger partial charge on any atom is -0.0654 e. The maximum Gasteiger partial charge on any atom is 0.0806 e. The van der Waals surface area contributed by atoms with Crippen molar-refractivity contribution in [1.29, 1.82) is 0 Å². The average molecular weight is 1110 g/mol. The van der Waals surface area contributed by atoms with Gasteiger partial charge in [-0.15, -0.1) is 0 Å². The molecule has 0 radical (unpaired) electrons. The highest BCUT2D eigenvalue weighted by molar-refractivity contribution is 7.77. The third kappa shape index (κ3) is 21.3. The lowest BCUT2D eigenvalue weighted by atomic mass is 10.1. The van der Waals surface area contributed by atoms with E-state index in [1.807, 2.05) is 0 Å². The lowest BCUT2D eigenvalue weighted by Gasteiger charge is -2.37. The van der Waals surface area contributed by atoms with Crippen molar-refractivity contribution in [2.45, 2.75) is 284 Å². The molecule has 0 saturated heterocycles. The van der Waals surface area contributed by atoms with Gasteiger partial charge >= 0.3 is 0 Å². The molecule has 0 saturated carbocycles. The maximum absolute atomic E-state index is 2.66. The monoisotopic (exact) mass is 1110 g/mol. The Morgan fingerprint density at radius 2 is 0.419 bits per heavy atom. The third-order valence-corrected chi connectivity index (χ3v) is 38.0. The molecule has 2 atom stereocenters. The highest BCUT2D eigenvalue weighted by Gasteiger charge is 2.35. The highest BCUT2D eigenvalue weighted by atomic mass is 31.1. The first-order chi connectivity index (χ1) is 35.4. The van der Waals surface area contributed by atoms with Gasteiger partial charge < -0.3 is 0 Å². The van der Waals surface area contributed by atoms with Crippen molar-refractivity contribution in [3.63, 3.8) is 0 Å². The highest BCUT2D eigenvalue weighted by Crippen LogP contribution is 2.51. The van der Waals surface area contributed by atoms with Crippen molar-refractivity contribution in [1.82, 2.24) is 0 Å². The molecule has 0 nitrogen and oxygen atoms in total. The van der Waals surface area contributed by atoms with E-state index >= 15 is 0 Å². The Bertz CT molecular complexity index is 1780. The predicted molar refractivity (Wildman–Crippen MR) is 358 cm³/mol. The number of hydrogen-bond acceptors (Lipinski definition) is 0. The quantitative estimate of drug-likeness (QED) is 0.0237. The van der Waals surface area contributed by atoms with Gasteiger partial charge in [-0.1, -0.05) is 390 Å². The molecule has 4 aromatic rings. The summed E-state index contributed by atoms with van der Waals surface area (Å²) in [7, 11) is -7.37. The summed E-state index contributed by atoms with van der Waals surface area (Å²) in [5.41, 5.74) is 1.01. The summed E-state index contributed by atoms with van der Waals surface area (Å²) in [5, 5.41) is 12.9. The summed E-state index contributed by atoms with van der Waals surface area (Å²) >= 11 is 0. The van der Waals surface area contributed by atoms with Crippen LogP contribution >= 0.6 is 15.8 Å². The van der Waals surface area contributed by atoms with Crippen LogP contribution in [0.2, 0.25) is 76.6 Å². The van der Waals surface area contributed by atoms with E-state index in [0.717, 1.165) is 0 Å². The number of unbranched alkanes of at least 4 members (excludes halogenated alkanes) is 20. The third-order valence-electron chi connectivity index (χ3n) is 17.8. The Morgan fingerprint density at radius 3 is 0.595 bits per heavy atom. The standard InChI is InChI=1S/C68H116P2Si4/c1-15-19-23-27-31-35-55-71(7,8)65-47-39-61(40-48-65)69(62-41-49-66(50-42-62)72(9,10)56-36-32-28-24-20-16-2)59(5)60(6)70(63-43-51-67(52-44-63)73(11,12)57-37-33-29-25-21-17-3)64-45-53-68(54-46-64)74(13,14)58-38-34-30-26-22-18-4/h39-54,59-60H,15-38,55-58H2,1-14H3. The summed E-state index contributed by atoms with van der Waals surface area (Å²) in [6.45, 7) is 35.7. The van der Waals surface area contributed by atoms with Crippen molar-refractivity contribution in [3.05, 3.63) is 97.1 Å². The van der Waals surface area contributed by atoms with Gasteiger partial charge in [0.2, 0.25) is 0 Å². The normalized spacial score (nSPS) is 13.6. The molecule has 0 N–H and O–H groups in total. The van der Waals surface area contributed by atoms with E-state index in [1.165, 1.54) is 178 Å². The zero-order valence-electron chi connectivity index (χ0n) is 51.1. The van der Waals surface area contributed by atoms with Crippen molar-refractivity contribution in [3.8, 4) is 0 Å². The molecule has 0 amide bonds. The van der Waals surface area contributed by atoms with Crippen LogP contribution in [-0.2, 0) is 0 Å². The van der Waals surface area contributed by atoms with Crippen LogP contribution in [0.25, 0.3) is 0 Å². The van der Waals surface area contributed by atoms with Crippen molar-refractivity contribution < 1.29 is 0 Å². The van der Waals surface area contributed by atoms with Gasteiger partial charge in [0.05, 0.1) is 32.3 Å². The van der Waals surface area contributed by atoms with E-state index in [4.69, 9.17) is 0 Å². The molecule has 74 heavy (non-hydrogen) atoms. The van der Waals surface area contributed by atoms with Crippen molar-refractivity contribution in [2.75, 3.05) is 0 Å². The molecule has 4 aromatic carbocycles. The van der Waals surface area contributed by atoms with E-state index in [1.54, 1.807) is 42.0 Å². The van der Waals surface area contributed by atoms with Crippen LogP contribution in [0.15, 0.2) is 97.1 Å². The predicted octanol–water partition coefficient (Wildman–Crippen LogP) is 19.1. The largest absolute Gasteiger partial charge is 0.0806 e. The molecule has 0 fully saturated rings. The van der Waals surface area contributed by atoms with E-state index in [9.17, 15) is 0 Å². The summed E-state index contributed by atoms with van der Waals surface area (Å²) in [6.07, 6.45) is 33.3. The van der Waals surface area contributed by atoms with Gasteiger partial charge in [0, 0.05) is 0 Å². The minimum absolute atomic E-state index is 0.506. The maximum atomic E-state index is 2.66. The Balaban J connectivity index is 1.74. The first-order valence-electron chi connectivity index (χ1n) is 31.4. The molecule has 0 aliphatic heterocycles. The number of benzene rings is 4. The van der Waals surface area contributed by atoms with Gasteiger partial charge in [0.15, 0.2) is 0 Å². The summed E-state index contributed by atoms with van der Waals surface area (Å²) in [4.78, 5) is 0. The van der Waals surface area contributed by atoms with Crippen LogP contribution in [0.3, 0.4) is 0 Å². The molecule has 414 valence electrons. The molecule has 0 spiro atoms. The van der Waals surface area contributed by atoms with Gasteiger partial charge in [0.25, 0.3) is 0 Å². The Morgan fingerprint density at radius 1 is 0.257 bits per heavy atom. The first-order valence-corrected chi connectivity index (χ1v) is 47.1. The topological polar surface area (TPSA) is 0 Å². The molecule has 4 rings (SSSR count). The van der Waals surface area contributed by atoms with Crippen LogP contribution in [0.1, 0.15) is 196 Å². The summed E-state index contributed by atoms with van der Waals surface area (Å²) in [5.74, 6) is 0. The molecule has 0 aliphatic carbocycles. The number of hydrogen-bond donors (Lipinski definition) is 0. The fourth-order valence-corrected chi connectivity index (χ4v) is 27.9. The van der Waals surface area contributed by atoms with Gasteiger partial charge in [-0.25, -0.2) is 0 Å². The summed E-state index contributed by atoms with van der Waals surface area (Å²) in [6, 6.07) is 47.3. The van der Waals surface area contributed by atoms with E-state index in [0.29, 0.717) is 11.3 Å². The second-order valence-electron chi connectivity index (χ2n) is 26.0. The minimum atomic E-state index is -1.54. The van der Waals surface area contributed by atoms with Crippen LogP contribution in [0.5, 0.6) is 0 Å². The second kappa shape index (κ2) is 33.9. The summed E-state index contributed by atoms with van der Waals surface area (Å²) < 4.78 is 0. The van der Waals surface area contributed by atoms with Crippen LogP contribution in [0, 0.1) is 0 Å². The molecule has 2 unspecified atom stereocenters. The van der Waals surface area contributed by atoms with Gasteiger partial charge in [-0.3, -0.25) is 0 Å². The Kier molecular flexibility index (Phi) is 29.8. The van der Waals surface area contributed by atoms with Crippen molar-refractivity contribution >= 4 is 90.1 Å². The van der Waals surface area contributed by atoms with Gasteiger partial charge in [-0.05, 0) is 48.4 Å². The first kappa shape index (κ1) is 65.1. The van der Waals surface area contributed by atoms with E-state index < -0.39 is 48.1 Å². The molecule has 0 bridgehead atoms. The fraction of sp³-hybridized carbons (Fsp3) is 0.647. The lowest BCUT2D eigenvalue weighted by molar-refractivity contribution is 0.623. The molecule has 0 aromatic heterocycles. The SMILES string of the molecule is CCCCCCCC[Si](C)(C)c1ccc(P(c2ccc([Si](C)(C)CCCCCCCC)cc2)C(C)C(C)P(c2ccc([Si](C)(C)CCCCCCCC)cc2)c2ccc([Si](C)(C)CCCCCCCC)cc2)cc1. The van der Waals surface area contributed by atoms with Gasteiger partial charge in [-0.2, -0.15) is 0 Å². The van der Waals surface area contributed by atoms with Gasteiger partial charge in [0.1, 0.15) is 0 Å². The van der Waals surface area contributed by atoms with E-state index in [-0.39, 0.29) is 0 Å². The zero-order chi connectivity index (χ0) is 54.0. The molecular formula is C68H116P2Si4. The van der Waals surface area contributed by atoms with Crippen LogP contribution in [0.4, 0.5) is 0 Å². The smallest absolute Gasteiger partial charge is 0.0654 e. The molecular weight excluding hydrogens is 991 g/mol. The van der Waals surface area contributed by atoms with Crippen LogP contribution < -0.4 is 42.0 Å². The number of rotatable bonds is 39. The zero-order valence-corrected chi connectivity index (χ0v) is 56.9. The molecule has 0 aliphatic rings. The molecule has 6 heteroatoms. The average Bonchev–Trinajstić information content (AvgIpc) is 3.39. The second-order valence-corrected chi connectivity index (χ2v) is 50.6. The Hall–Kier alpha value is -1.39. The van der Waals surface area contributed by atoms with Crippen molar-refractivity contribution in [2.24, 2.45) is 0 Å². The van der Waals surface area contributed by atoms with Crippen LogP contribution in [-0.4, -0.2) is 43.6 Å².